The molecular weight excluding hydrogens is 439 g/mol. The van der Waals surface area contributed by atoms with Crippen molar-refractivity contribution in [1.29, 1.82) is 5.26 Å². The average molecular weight is 462 g/mol. The molecule has 0 saturated carbocycles. The number of nitrogens with zero attached hydrogens (tertiary/aromatic N) is 1. The highest BCUT2D eigenvalue weighted by Crippen LogP contribution is 2.32. The maximum absolute atomic E-state index is 13.7. The van der Waals surface area contributed by atoms with Crippen LogP contribution in [0.5, 0.6) is 11.5 Å². The summed E-state index contributed by atoms with van der Waals surface area (Å²) in [7, 11) is -3.68. The average Bonchev–Trinajstić information content (AvgIpc) is 2.80. The van der Waals surface area contributed by atoms with Crippen molar-refractivity contribution in [2.24, 2.45) is 0 Å². The van der Waals surface area contributed by atoms with E-state index in [9.17, 15) is 17.6 Å². The maximum atomic E-state index is 13.7. The molecule has 2 aromatic rings. The predicted octanol–water partition coefficient (Wildman–Crippen LogP) is 3.05. The third-order valence-corrected chi connectivity index (χ3v) is 6.20. The molecule has 0 aliphatic carbocycles. The van der Waals surface area contributed by atoms with Crippen LogP contribution in [-0.2, 0) is 26.2 Å². The van der Waals surface area contributed by atoms with Crippen molar-refractivity contribution in [3.05, 3.63) is 53.3 Å². The van der Waals surface area contributed by atoms with Crippen LogP contribution in [0.2, 0.25) is 0 Å². The highest BCUT2D eigenvalue weighted by atomic mass is 32.2. The van der Waals surface area contributed by atoms with Crippen molar-refractivity contribution in [2.75, 3.05) is 19.8 Å². The summed E-state index contributed by atoms with van der Waals surface area (Å²) < 4.78 is 56.9. The number of esters is 1. The summed E-state index contributed by atoms with van der Waals surface area (Å²) >= 11 is 0. The summed E-state index contributed by atoms with van der Waals surface area (Å²) in [6, 6.07) is 10.2. The Bertz CT molecular complexity index is 1110. The largest absolute Gasteiger partial charge is 0.486 e. The molecule has 0 unspecified atom stereocenters. The smallest absolute Gasteiger partial charge is 0.306 e. The normalized spacial score (nSPS) is 12.8. The summed E-state index contributed by atoms with van der Waals surface area (Å²) in [5, 5.41) is 8.85. The molecule has 8 nitrogen and oxygen atoms in total. The fourth-order valence-electron chi connectivity index (χ4n) is 3.04. The Morgan fingerprint density at radius 2 is 1.88 bits per heavy atom. The van der Waals surface area contributed by atoms with Gasteiger partial charge in [0.15, 0.2) is 11.5 Å². The molecule has 0 radical (unpaired) electrons. The Kier molecular flexibility index (Phi) is 8.03. The van der Waals surface area contributed by atoms with E-state index in [-0.39, 0.29) is 35.6 Å². The maximum Gasteiger partial charge on any atom is 0.306 e. The van der Waals surface area contributed by atoms with E-state index in [1.54, 1.807) is 6.07 Å². The molecule has 0 amide bonds. The number of nitriles is 1. The number of rotatable bonds is 10. The SMILES string of the molecule is N#Cc1ccc(F)c(COC(=O)CCCCCNS(=O)(=O)c2ccc3c(c2)OCCO3)c1. The van der Waals surface area contributed by atoms with E-state index in [0.717, 1.165) is 6.07 Å². The Hall–Kier alpha value is -3.16. The second kappa shape index (κ2) is 10.9. The van der Waals surface area contributed by atoms with Gasteiger partial charge < -0.3 is 14.2 Å². The number of nitrogens with one attached hydrogen (secondary N) is 1. The molecule has 1 aliphatic heterocycles. The number of halogens is 1. The number of hydrogen-bond acceptors (Lipinski definition) is 7. The second-order valence-electron chi connectivity index (χ2n) is 7.09. The lowest BCUT2D eigenvalue weighted by atomic mass is 10.1. The molecule has 0 aromatic heterocycles. The molecule has 1 N–H and O–H groups in total. The van der Waals surface area contributed by atoms with Crippen LogP contribution in [0.3, 0.4) is 0 Å². The van der Waals surface area contributed by atoms with E-state index in [1.807, 2.05) is 6.07 Å². The lowest BCUT2D eigenvalue weighted by Crippen LogP contribution is -2.25. The Labute approximate surface area is 186 Å². The molecule has 0 saturated heterocycles. The molecule has 32 heavy (non-hydrogen) atoms. The third kappa shape index (κ3) is 6.42. The van der Waals surface area contributed by atoms with Crippen LogP contribution in [0.25, 0.3) is 0 Å². The van der Waals surface area contributed by atoms with Crippen LogP contribution in [0, 0.1) is 17.1 Å². The third-order valence-electron chi connectivity index (χ3n) is 4.74. The highest BCUT2D eigenvalue weighted by molar-refractivity contribution is 7.89. The molecule has 0 atom stereocenters. The van der Waals surface area contributed by atoms with Crippen molar-refractivity contribution in [3.8, 4) is 17.6 Å². The van der Waals surface area contributed by atoms with E-state index < -0.39 is 21.8 Å². The molecule has 0 bridgehead atoms. The first-order valence-corrected chi connectivity index (χ1v) is 11.6. The van der Waals surface area contributed by atoms with Crippen LogP contribution < -0.4 is 14.2 Å². The van der Waals surface area contributed by atoms with Crippen molar-refractivity contribution in [2.45, 2.75) is 37.2 Å². The van der Waals surface area contributed by atoms with Gasteiger partial charge in [-0.05, 0) is 43.2 Å². The van der Waals surface area contributed by atoms with Gasteiger partial charge in [0, 0.05) is 24.6 Å². The quantitative estimate of drug-likeness (QED) is 0.426. The molecule has 170 valence electrons. The molecule has 1 heterocycles. The van der Waals surface area contributed by atoms with E-state index in [4.69, 9.17) is 19.5 Å². The lowest BCUT2D eigenvalue weighted by Gasteiger charge is -2.18. The van der Waals surface area contributed by atoms with Crippen molar-refractivity contribution in [1.82, 2.24) is 4.72 Å². The van der Waals surface area contributed by atoms with Gasteiger partial charge in [-0.3, -0.25) is 4.79 Å². The van der Waals surface area contributed by atoms with Gasteiger partial charge in [0.1, 0.15) is 25.6 Å². The molecule has 10 heteroatoms. The van der Waals surface area contributed by atoms with E-state index >= 15 is 0 Å². The zero-order chi connectivity index (χ0) is 23.0. The molecule has 0 spiro atoms. The summed E-state index contributed by atoms with van der Waals surface area (Å²) in [5.41, 5.74) is 0.432. The van der Waals surface area contributed by atoms with E-state index in [0.29, 0.717) is 44.0 Å². The van der Waals surface area contributed by atoms with E-state index in [1.165, 1.54) is 24.3 Å². The minimum atomic E-state index is -3.68. The van der Waals surface area contributed by atoms with Gasteiger partial charge in [-0.25, -0.2) is 17.5 Å². The number of carbonyl (C=O) groups is 1. The minimum Gasteiger partial charge on any atom is -0.486 e. The standard InChI is InChI=1S/C22H23FN2O6S/c23-19-7-5-16(14-24)12-17(19)15-31-22(26)4-2-1-3-9-25-32(27,28)18-6-8-20-21(13-18)30-11-10-29-20/h5-8,12-13,25H,1-4,9-11,15H2. The first-order valence-electron chi connectivity index (χ1n) is 10.1. The molecule has 1 aliphatic rings. The van der Waals surface area contributed by atoms with Crippen molar-refractivity contribution < 1.29 is 31.8 Å². The number of ether oxygens (including phenoxy) is 3. The molecule has 3 rings (SSSR count). The summed E-state index contributed by atoms with van der Waals surface area (Å²) in [6.45, 7) is 0.775. The van der Waals surface area contributed by atoms with Crippen molar-refractivity contribution >= 4 is 16.0 Å². The first-order chi connectivity index (χ1) is 15.4. The number of hydrogen-bond donors (Lipinski definition) is 1. The predicted molar refractivity (Wildman–Crippen MR) is 112 cm³/mol. The van der Waals surface area contributed by atoms with Gasteiger partial charge in [0.25, 0.3) is 0 Å². The Balaban J connectivity index is 1.35. The number of unbranched alkanes of at least 4 members (excludes halogenated alkanes) is 2. The summed E-state index contributed by atoms with van der Waals surface area (Å²) in [5.74, 6) is -0.106. The second-order valence-corrected chi connectivity index (χ2v) is 8.86. The topological polar surface area (TPSA) is 115 Å². The van der Waals surface area contributed by atoms with Crippen molar-refractivity contribution in [3.63, 3.8) is 0 Å². The zero-order valence-electron chi connectivity index (χ0n) is 17.3. The minimum absolute atomic E-state index is 0.0954. The van der Waals surface area contributed by atoms with Crippen LogP contribution in [0.1, 0.15) is 36.8 Å². The van der Waals surface area contributed by atoms with Crippen LogP contribution >= 0.6 is 0 Å². The van der Waals surface area contributed by atoms with Gasteiger partial charge in [-0.1, -0.05) is 6.42 Å². The summed E-state index contributed by atoms with van der Waals surface area (Å²) in [6.07, 6.45) is 1.78. The number of benzene rings is 2. The van der Waals surface area contributed by atoms with Gasteiger partial charge in [-0.15, -0.1) is 0 Å². The van der Waals surface area contributed by atoms with Gasteiger partial charge in [0.2, 0.25) is 10.0 Å². The zero-order valence-corrected chi connectivity index (χ0v) is 18.1. The summed E-state index contributed by atoms with van der Waals surface area (Å²) in [4.78, 5) is 11.9. The number of sulfonamides is 1. The monoisotopic (exact) mass is 462 g/mol. The van der Waals surface area contributed by atoms with Gasteiger partial charge in [-0.2, -0.15) is 5.26 Å². The highest BCUT2D eigenvalue weighted by Gasteiger charge is 2.19. The van der Waals surface area contributed by atoms with Crippen LogP contribution in [0.15, 0.2) is 41.3 Å². The number of fused-ring (bicyclic) bond motifs is 1. The molecular formula is C22H23FN2O6S. The number of carbonyl (C=O) groups excluding carboxylic acids is 1. The fraction of sp³-hybridized carbons (Fsp3) is 0.364. The Morgan fingerprint density at radius 3 is 2.66 bits per heavy atom. The molecule has 2 aromatic carbocycles. The lowest BCUT2D eigenvalue weighted by molar-refractivity contribution is -0.145. The van der Waals surface area contributed by atoms with E-state index in [2.05, 4.69) is 4.72 Å². The van der Waals surface area contributed by atoms with Crippen LogP contribution in [0.4, 0.5) is 4.39 Å². The van der Waals surface area contributed by atoms with Gasteiger partial charge in [0.05, 0.1) is 16.5 Å². The fourth-order valence-corrected chi connectivity index (χ4v) is 4.13. The van der Waals surface area contributed by atoms with Crippen LogP contribution in [-0.4, -0.2) is 34.1 Å². The molecule has 0 fully saturated rings. The Morgan fingerprint density at radius 1 is 1.09 bits per heavy atom. The first kappa shape index (κ1) is 23.5. The van der Waals surface area contributed by atoms with Gasteiger partial charge >= 0.3 is 5.97 Å².